The fourth-order valence-corrected chi connectivity index (χ4v) is 1.57. The molecule has 0 aliphatic heterocycles. The minimum absolute atomic E-state index is 0.0925. The van der Waals surface area contributed by atoms with Crippen molar-refractivity contribution in [2.45, 2.75) is 20.3 Å². The van der Waals surface area contributed by atoms with Crippen LogP contribution in [0.3, 0.4) is 0 Å². The summed E-state index contributed by atoms with van der Waals surface area (Å²) in [6, 6.07) is 3.78. The molecule has 0 fully saturated rings. The Morgan fingerprint density at radius 2 is 2.39 bits per heavy atom. The number of hydrogen-bond donors (Lipinski definition) is 0. The van der Waals surface area contributed by atoms with Gasteiger partial charge in [-0.25, -0.2) is 9.78 Å². The largest absolute Gasteiger partial charge is 0.355 e. The second kappa shape index (κ2) is 6.55. The molecule has 1 aromatic heterocycles. The van der Waals surface area contributed by atoms with Crippen LogP contribution in [0.25, 0.3) is 0 Å². The Labute approximate surface area is 105 Å². The van der Waals surface area contributed by atoms with E-state index in [0.717, 1.165) is 5.56 Å². The molecular formula is C12H14FN3O2. The van der Waals surface area contributed by atoms with E-state index in [0.29, 0.717) is 17.9 Å². The Kier molecular flexibility index (Phi) is 5.06. The Morgan fingerprint density at radius 3 is 2.94 bits per heavy atom. The summed E-state index contributed by atoms with van der Waals surface area (Å²) < 4.78 is 11.6. The summed E-state index contributed by atoms with van der Waals surface area (Å²) in [6.07, 6.45) is 1.55. The maximum atomic E-state index is 11.6. The van der Waals surface area contributed by atoms with Gasteiger partial charge in [-0.1, -0.05) is 0 Å². The lowest BCUT2D eigenvalue weighted by Gasteiger charge is -2.22. The molecule has 0 atom stereocenters. The highest BCUT2D eigenvalue weighted by Crippen LogP contribution is 2.18. The molecule has 5 nitrogen and oxygen atoms in total. The highest BCUT2D eigenvalue weighted by atomic mass is 19.3. The first-order chi connectivity index (χ1) is 8.62. The lowest BCUT2D eigenvalue weighted by molar-refractivity contribution is -0.183. The predicted molar refractivity (Wildman–Crippen MR) is 63.4 cm³/mol. The third-order valence-electron chi connectivity index (χ3n) is 2.48. The summed E-state index contributed by atoms with van der Waals surface area (Å²) in [7, 11) is 0. The molecule has 0 amide bonds. The van der Waals surface area contributed by atoms with Crippen LogP contribution in [0.4, 0.5) is 10.3 Å². The Balaban J connectivity index is 2.88. The molecule has 0 bridgehead atoms. The van der Waals surface area contributed by atoms with Crippen molar-refractivity contribution in [3.05, 3.63) is 23.4 Å². The summed E-state index contributed by atoms with van der Waals surface area (Å²) >= 11 is 0. The molecule has 1 aromatic rings. The number of nitrogens with zero attached hydrogens (tertiary/aromatic N) is 3. The molecule has 0 aromatic carbocycles. The maximum absolute atomic E-state index is 11.6. The number of anilines is 1. The van der Waals surface area contributed by atoms with Crippen LogP contribution in [0.1, 0.15) is 24.5 Å². The third kappa shape index (κ3) is 3.42. The minimum Gasteiger partial charge on any atom is -0.355 e. The fraction of sp³-hybridized carbons (Fsp3) is 0.417. The number of halogens is 1. The summed E-state index contributed by atoms with van der Waals surface area (Å²) in [5, 5.41) is 9.04. The van der Waals surface area contributed by atoms with Crippen molar-refractivity contribution >= 4 is 11.8 Å². The molecule has 0 unspecified atom stereocenters. The number of hydrogen-bond acceptors (Lipinski definition) is 5. The molecule has 1 rings (SSSR count). The van der Waals surface area contributed by atoms with Gasteiger partial charge in [0, 0.05) is 23.8 Å². The van der Waals surface area contributed by atoms with Crippen molar-refractivity contribution in [3.8, 4) is 6.07 Å². The van der Waals surface area contributed by atoms with E-state index < -0.39 is 5.97 Å². The van der Waals surface area contributed by atoms with E-state index in [1.807, 2.05) is 13.8 Å². The monoisotopic (exact) mass is 251 g/mol. The highest BCUT2D eigenvalue weighted by molar-refractivity contribution is 5.69. The molecule has 0 aliphatic rings. The van der Waals surface area contributed by atoms with Gasteiger partial charge < -0.3 is 4.90 Å². The van der Waals surface area contributed by atoms with Crippen LogP contribution in [0.5, 0.6) is 0 Å². The van der Waals surface area contributed by atoms with Gasteiger partial charge in [0.25, 0.3) is 0 Å². The van der Waals surface area contributed by atoms with Gasteiger partial charge in [-0.3, -0.25) is 4.94 Å². The van der Waals surface area contributed by atoms with Gasteiger partial charge in [0.2, 0.25) is 0 Å². The average Bonchev–Trinajstić information content (AvgIpc) is 2.40. The molecule has 0 N–H and O–H groups in total. The van der Waals surface area contributed by atoms with Crippen molar-refractivity contribution in [1.29, 1.82) is 5.26 Å². The Bertz CT molecular complexity index is 471. The van der Waals surface area contributed by atoms with E-state index in [1.54, 1.807) is 17.2 Å². The minimum atomic E-state index is -0.931. The van der Waals surface area contributed by atoms with E-state index in [-0.39, 0.29) is 13.0 Å². The Morgan fingerprint density at radius 1 is 1.67 bits per heavy atom. The zero-order valence-corrected chi connectivity index (χ0v) is 10.3. The molecule has 1 heterocycles. The van der Waals surface area contributed by atoms with Crippen molar-refractivity contribution in [2.24, 2.45) is 0 Å². The summed E-state index contributed by atoms with van der Waals surface area (Å²) in [4.78, 5) is 19.8. The van der Waals surface area contributed by atoms with Crippen molar-refractivity contribution in [3.63, 3.8) is 0 Å². The zero-order chi connectivity index (χ0) is 13.5. The molecule has 0 aliphatic carbocycles. The highest BCUT2D eigenvalue weighted by Gasteiger charge is 2.14. The molecule has 0 spiro atoms. The van der Waals surface area contributed by atoms with Gasteiger partial charge in [-0.05, 0) is 25.5 Å². The van der Waals surface area contributed by atoms with E-state index >= 15 is 0 Å². The summed E-state index contributed by atoms with van der Waals surface area (Å²) in [5.74, 6) is -0.434. The fourth-order valence-electron chi connectivity index (χ4n) is 1.57. The number of nitriles is 1. The van der Waals surface area contributed by atoms with Crippen LogP contribution in [0, 0.1) is 18.3 Å². The quantitative estimate of drug-likeness (QED) is 0.799. The topological polar surface area (TPSA) is 66.2 Å². The number of aryl methyl sites for hydroxylation is 1. The predicted octanol–water partition coefficient (Wildman–Crippen LogP) is 1.91. The van der Waals surface area contributed by atoms with Gasteiger partial charge in [0.15, 0.2) is 0 Å². The van der Waals surface area contributed by atoms with Gasteiger partial charge in [0.05, 0.1) is 12.0 Å². The molecule has 0 saturated heterocycles. The third-order valence-corrected chi connectivity index (χ3v) is 2.48. The first-order valence-corrected chi connectivity index (χ1v) is 5.55. The lowest BCUT2D eigenvalue weighted by Crippen LogP contribution is -2.27. The number of pyridine rings is 1. The molecule has 6 heteroatoms. The van der Waals surface area contributed by atoms with Crippen LogP contribution in [0.15, 0.2) is 12.3 Å². The van der Waals surface area contributed by atoms with Crippen LogP contribution in [-0.2, 0) is 9.74 Å². The second-order valence-corrected chi connectivity index (χ2v) is 3.77. The Hall–Kier alpha value is -2.16. The second-order valence-electron chi connectivity index (χ2n) is 3.77. The van der Waals surface area contributed by atoms with Crippen molar-refractivity contribution in [1.82, 2.24) is 4.98 Å². The standard InChI is InChI=1S/C12H14FN3O2/c1-3-16(5-4-11(17)18-13)12-10(7-14)6-9(2)8-15-12/h6,8H,3-5H2,1-2H3. The smallest absolute Gasteiger partial charge is 0.350 e. The van der Waals surface area contributed by atoms with Crippen LogP contribution >= 0.6 is 0 Å². The number of carbonyl (C=O) groups excluding carboxylic acids is 1. The van der Waals surface area contributed by atoms with Gasteiger partial charge >= 0.3 is 5.97 Å². The van der Waals surface area contributed by atoms with Crippen LogP contribution < -0.4 is 4.90 Å². The van der Waals surface area contributed by atoms with Gasteiger partial charge in [0.1, 0.15) is 11.9 Å². The molecular weight excluding hydrogens is 237 g/mol. The van der Waals surface area contributed by atoms with Crippen molar-refractivity contribution in [2.75, 3.05) is 18.0 Å². The lowest BCUT2D eigenvalue weighted by atomic mass is 10.2. The normalized spacial score (nSPS) is 9.67. The van der Waals surface area contributed by atoms with E-state index in [9.17, 15) is 9.32 Å². The SMILES string of the molecule is CCN(CCC(=O)OF)c1ncc(C)cc1C#N. The number of carbonyl (C=O) groups is 1. The van der Waals surface area contributed by atoms with E-state index in [4.69, 9.17) is 5.26 Å². The molecule has 96 valence electrons. The number of rotatable bonds is 5. The van der Waals surface area contributed by atoms with Crippen LogP contribution in [0.2, 0.25) is 0 Å². The molecule has 18 heavy (non-hydrogen) atoms. The van der Waals surface area contributed by atoms with E-state index in [1.165, 1.54) is 0 Å². The van der Waals surface area contributed by atoms with E-state index in [2.05, 4.69) is 16.0 Å². The van der Waals surface area contributed by atoms with Gasteiger partial charge in [-0.2, -0.15) is 5.26 Å². The average molecular weight is 251 g/mol. The van der Waals surface area contributed by atoms with Crippen LogP contribution in [-0.4, -0.2) is 24.0 Å². The van der Waals surface area contributed by atoms with Gasteiger partial charge in [-0.15, -0.1) is 0 Å². The first-order valence-electron chi connectivity index (χ1n) is 5.55. The summed E-state index contributed by atoms with van der Waals surface area (Å²) in [5.41, 5.74) is 1.32. The molecule has 0 saturated carbocycles. The first kappa shape index (κ1) is 13.9. The zero-order valence-electron chi connectivity index (χ0n) is 10.3. The summed E-state index contributed by atoms with van der Waals surface area (Å²) in [6.45, 7) is 4.52. The number of aromatic nitrogens is 1. The van der Waals surface area contributed by atoms with Crippen molar-refractivity contribution < 1.29 is 14.3 Å². The molecule has 0 radical (unpaired) electrons. The maximum Gasteiger partial charge on any atom is 0.350 e.